The van der Waals surface area contributed by atoms with Crippen molar-refractivity contribution < 1.29 is 14.3 Å². The summed E-state index contributed by atoms with van der Waals surface area (Å²) in [5.74, 6) is 0. The summed E-state index contributed by atoms with van der Waals surface area (Å²) in [6, 6.07) is 8.18. The highest BCUT2D eigenvalue weighted by Crippen LogP contribution is 2.20. The Balaban J connectivity index is 1.91. The van der Waals surface area contributed by atoms with Crippen LogP contribution in [0, 0.1) is 0 Å². The zero-order valence-electron chi connectivity index (χ0n) is 16.2. The van der Waals surface area contributed by atoms with Gasteiger partial charge in [-0.15, -0.1) is 0 Å². The number of rotatable bonds is 6. The number of carbonyl (C=O) groups is 1. The fourth-order valence-electron chi connectivity index (χ4n) is 2.90. The van der Waals surface area contributed by atoms with E-state index in [1.54, 1.807) is 4.90 Å². The molecule has 5 heteroatoms. The number of nitrogens with one attached hydrogen (secondary N) is 1. The summed E-state index contributed by atoms with van der Waals surface area (Å²) >= 11 is 0. The first-order chi connectivity index (χ1) is 11.8. The second kappa shape index (κ2) is 8.56. The molecular weight excluding hydrogens is 316 g/mol. The van der Waals surface area contributed by atoms with Gasteiger partial charge in [0.15, 0.2) is 0 Å². The molecule has 1 aromatic rings. The SMILES string of the molecule is CCN(Cc1cccc(NCC2CCC(C)O2)c1)C(=O)OC(C)(C)C. The Kier molecular flexibility index (Phi) is 6.71. The first-order valence-electron chi connectivity index (χ1n) is 9.23. The smallest absolute Gasteiger partial charge is 0.410 e. The summed E-state index contributed by atoms with van der Waals surface area (Å²) in [5, 5.41) is 3.45. The predicted octanol–water partition coefficient (Wildman–Crippen LogP) is 4.42. The molecule has 0 bridgehead atoms. The van der Waals surface area contributed by atoms with Crippen molar-refractivity contribution in [3.05, 3.63) is 29.8 Å². The summed E-state index contributed by atoms with van der Waals surface area (Å²) in [7, 11) is 0. The minimum atomic E-state index is -0.480. The van der Waals surface area contributed by atoms with Crippen LogP contribution in [0.1, 0.15) is 53.0 Å². The van der Waals surface area contributed by atoms with Gasteiger partial charge in [-0.3, -0.25) is 0 Å². The molecule has 0 aromatic heterocycles. The van der Waals surface area contributed by atoms with E-state index in [0.29, 0.717) is 19.2 Å². The molecule has 0 spiro atoms. The van der Waals surface area contributed by atoms with E-state index in [1.807, 2.05) is 45.9 Å². The Morgan fingerprint density at radius 1 is 1.36 bits per heavy atom. The number of amides is 1. The van der Waals surface area contributed by atoms with Crippen LogP contribution in [-0.4, -0.2) is 41.9 Å². The van der Waals surface area contributed by atoms with E-state index in [4.69, 9.17) is 9.47 Å². The largest absolute Gasteiger partial charge is 0.444 e. The molecule has 1 saturated heterocycles. The van der Waals surface area contributed by atoms with Crippen LogP contribution in [0.3, 0.4) is 0 Å². The topological polar surface area (TPSA) is 50.8 Å². The summed E-state index contributed by atoms with van der Waals surface area (Å²) in [4.78, 5) is 14.0. The van der Waals surface area contributed by atoms with Crippen LogP contribution in [0.5, 0.6) is 0 Å². The van der Waals surface area contributed by atoms with Crippen molar-refractivity contribution in [3.8, 4) is 0 Å². The predicted molar refractivity (Wildman–Crippen MR) is 101 cm³/mol. The number of hydrogen-bond acceptors (Lipinski definition) is 4. The van der Waals surface area contributed by atoms with E-state index in [9.17, 15) is 4.79 Å². The van der Waals surface area contributed by atoms with Crippen molar-refractivity contribution in [1.82, 2.24) is 4.90 Å². The highest BCUT2D eigenvalue weighted by molar-refractivity contribution is 5.68. The fraction of sp³-hybridized carbons (Fsp3) is 0.650. The van der Waals surface area contributed by atoms with Gasteiger partial charge in [-0.05, 0) is 65.2 Å². The highest BCUT2D eigenvalue weighted by atomic mass is 16.6. The minimum absolute atomic E-state index is 0.276. The molecular formula is C20H32N2O3. The van der Waals surface area contributed by atoms with Gasteiger partial charge in [-0.1, -0.05) is 12.1 Å². The van der Waals surface area contributed by atoms with Gasteiger partial charge < -0.3 is 19.7 Å². The number of nitrogens with zero attached hydrogens (tertiary/aromatic N) is 1. The number of ether oxygens (including phenoxy) is 2. The molecule has 1 aliphatic heterocycles. The van der Waals surface area contributed by atoms with E-state index in [1.165, 1.54) is 0 Å². The average molecular weight is 348 g/mol. The Bertz CT molecular complexity index is 568. The normalized spacial score (nSPS) is 20.4. The van der Waals surface area contributed by atoms with E-state index in [2.05, 4.69) is 18.3 Å². The molecule has 1 heterocycles. The van der Waals surface area contributed by atoms with Gasteiger partial charge in [-0.2, -0.15) is 0 Å². The molecule has 1 fully saturated rings. The summed E-state index contributed by atoms with van der Waals surface area (Å²) < 4.78 is 11.3. The minimum Gasteiger partial charge on any atom is -0.444 e. The van der Waals surface area contributed by atoms with Crippen LogP contribution in [0.4, 0.5) is 10.5 Å². The number of benzene rings is 1. The Morgan fingerprint density at radius 3 is 2.72 bits per heavy atom. The van der Waals surface area contributed by atoms with Gasteiger partial charge in [0.05, 0.1) is 12.2 Å². The van der Waals surface area contributed by atoms with Crippen LogP contribution < -0.4 is 5.32 Å². The maximum atomic E-state index is 12.3. The molecule has 25 heavy (non-hydrogen) atoms. The average Bonchev–Trinajstić information content (AvgIpc) is 2.95. The van der Waals surface area contributed by atoms with E-state index in [0.717, 1.165) is 30.6 Å². The number of carbonyl (C=O) groups excluding carboxylic acids is 1. The van der Waals surface area contributed by atoms with Gasteiger partial charge in [0.25, 0.3) is 0 Å². The van der Waals surface area contributed by atoms with Crippen LogP contribution >= 0.6 is 0 Å². The Labute approximate surface area is 151 Å². The zero-order valence-corrected chi connectivity index (χ0v) is 16.2. The van der Waals surface area contributed by atoms with Crippen molar-refractivity contribution in [2.75, 3.05) is 18.4 Å². The Hall–Kier alpha value is -1.75. The quantitative estimate of drug-likeness (QED) is 0.826. The Morgan fingerprint density at radius 2 is 2.12 bits per heavy atom. The van der Waals surface area contributed by atoms with Crippen molar-refractivity contribution in [1.29, 1.82) is 0 Å². The third-order valence-electron chi connectivity index (χ3n) is 4.19. The van der Waals surface area contributed by atoms with Gasteiger partial charge in [-0.25, -0.2) is 4.79 Å². The van der Waals surface area contributed by atoms with Crippen LogP contribution in [0.2, 0.25) is 0 Å². The van der Waals surface area contributed by atoms with Gasteiger partial charge in [0, 0.05) is 25.3 Å². The standard InChI is InChI=1S/C20H32N2O3/c1-6-22(19(23)25-20(3,4)5)14-16-8-7-9-17(12-16)21-13-18-11-10-15(2)24-18/h7-9,12,15,18,21H,6,10-11,13-14H2,1-5H3. The lowest BCUT2D eigenvalue weighted by atomic mass is 10.1. The summed E-state index contributed by atoms with van der Waals surface area (Å²) in [5.41, 5.74) is 1.66. The molecule has 0 radical (unpaired) electrons. The van der Waals surface area contributed by atoms with Gasteiger partial charge >= 0.3 is 6.09 Å². The lowest BCUT2D eigenvalue weighted by Crippen LogP contribution is -2.36. The van der Waals surface area contributed by atoms with Gasteiger partial charge in [0.2, 0.25) is 0 Å². The maximum absolute atomic E-state index is 12.3. The monoisotopic (exact) mass is 348 g/mol. The molecule has 1 amide bonds. The molecule has 1 aliphatic rings. The molecule has 1 aromatic carbocycles. The first-order valence-corrected chi connectivity index (χ1v) is 9.23. The molecule has 5 nitrogen and oxygen atoms in total. The van der Waals surface area contributed by atoms with E-state index >= 15 is 0 Å². The highest BCUT2D eigenvalue weighted by Gasteiger charge is 2.22. The third kappa shape index (κ3) is 6.58. The van der Waals surface area contributed by atoms with Crippen molar-refractivity contribution in [3.63, 3.8) is 0 Å². The molecule has 2 rings (SSSR count). The zero-order chi connectivity index (χ0) is 18.4. The second-order valence-corrected chi connectivity index (χ2v) is 7.72. The van der Waals surface area contributed by atoms with E-state index < -0.39 is 5.60 Å². The van der Waals surface area contributed by atoms with Crippen molar-refractivity contribution in [2.45, 2.75) is 71.8 Å². The lowest BCUT2D eigenvalue weighted by molar-refractivity contribution is 0.0244. The second-order valence-electron chi connectivity index (χ2n) is 7.72. The number of hydrogen-bond donors (Lipinski definition) is 1. The van der Waals surface area contributed by atoms with Crippen LogP contribution in [-0.2, 0) is 16.0 Å². The van der Waals surface area contributed by atoms with Crippen LogP contribution in [0.25, 0.3) is 0 Å². The lowest BCUT2D eigenvalue weighted by Gasteiger charge is -2.26. The molecule has 0 aliphatic carbocycles. The van der Waals surface area contributed by atoms with Crippen molar-refractivity contribution in [2.24, 2.45) is 0 Å². The summed E-state index contributed by atoms with van der Waals surface area (Å²) in [6.45, 7) is 11.7. The molecule has 1 N–H and O–H groups in total. The first kappa shape index (κ1) is 19.6. The molecule has 2 atom stereocenters. The third-order valence-corrected chi connectivity index (χ3v) is 4.19. The number of anilines is 1. The van der Waals surface area contributed by atoms with Gasteiger partial charge in [0.1, 0.15) is 5.60 Å². The maximum Gasteiger partial charge on any atom is 0.410 e. The molecule has 140 valence electrons. The fourth-order valence-corrected chi connectivity index (χ4v) is 2.90. The van der Waals surface area contributed by atoms with E-state index in [-0.39, 0.29) is 12.2 Å². The molecule has 2 unspecified atom stereocenters. The van der Waals surface area contributed by atoms with Crippen LogP contribution in [0.15, 0.2) is 24.3 Å². The molecule has 0 saturated carbocycles. The summed E-state index contributed by atoms with van der Waals surface area (Å²) in [6.07, 6.45) is 2.61. The van der Waals surface area contributed by atoms with Crippen molar-refractivity contribution >= 4 is 11.8 Å².